The van der Waals surface area contributed by atoms with Gasteiger partial charge in [0.2, 0.25) is 5.91 Å². The van der Waals surface area contributed by atoms with E-state index in [1.54, 1.807) is 4.90 Å². The van der Waals surface area contributed by atoms with Crippen LogP contribution in [0.25, 0.3) is 0 Å². The first-order valence-electron chi connectivity index (χ1n) is 9.08. The number of hydrogen-bond donors (Lipinski definition) is 0. The Labute approximate surface area is 141 Å². The average Bonchev–Trinajstić information content (AvgIpc) is 2.77. The van der Waals surface area contributed by atoms with Crippen LogP contribution < -0.4 is 0 Å². The molecular formula is C18H34N2O3. The number of imide groups is 1. The van der Waals surface area contributed by atoms with E-state index >= 15 is 0 Å². The fourth-order valence-electron chi connectivity index (χ4n) is 2.87. The third-order valence-electron chi connectivity index (χ3n) is 4.38. The SMILES string of the molecule is CCCCCOCCCCC(C)(C)CN1C(=O)CN(CC)C1=O. The number of urea groups is 1. The number of rotatable bonds is 12. The van der Waals surface area contributed by atoms with Crippen molar-refractivity contribution < 1.29 is 14.3 Å². The van der Waals surface area contributed by atoms with Crippen LogP contribution in [-0.2, 0) is 9.53 Å². The number of nitrogens with zero attached hydrogens (tertiary/aromatic N) is 2. The van der Waals surface area contributed by atoms with Crippen LogP contribution in [0.1, 0.15) is 66.2 Å². The maximum atomic E-state index is 12.1. The fraction of sp³-hybridized carbons (Fsp3) is 0.889. The minimum atomic E-state index is -0.134. The third kappa shape index (κ3) is 6.90. The molecule has 0 radical (unpaired) electrons. The van der Waals surface area contributed by atoms with Crippen LogP contribution >= 0.6 is 0 Å². The van der Waals surface area contributed by atoms with E-state index in [1.807, 2.05) is 6.92 Å². The zero-order valence-corrected chi connectivity index (χ0v) is 15.4. The van der Waals surface area contributed by atoms with Crippen molar-refractivity contribution in [3.8, 4) is 0 Å². The van der Waals surface area contributed by atoms with Crippen molar-refractivity contribution in [2.45, 2.75) is 66.2 Å². The molecular weight excluding hydrogens is 292 g/mol. The number of unbranched alkanes of at least 4 members (excludes halogenated alkanes) is 3. The largest absolute Gasteiger partial charge is 0.381 e. The van der Waals surface area contributed by atoms with Gasteiger partial charge in [-0.05, 0) is 31.6 Å². The average molecular weight is 326 g/mol. The normalized spacial score (nSPS) is 15.8. The van der Waals surface area contributed by atoms with Gasteiger partial charge in [0.25, 0.3) is 0 Å². The lowest BCUT2D eigenvalue weighted by Gasteiger charge is -2.29. The highest BCUT2D eigenvalue weighted by atomic mass is 16.5. The molecule has 0 N–H and O–H groups in total. The Morgan fingerprint density at radius 2 is 1.70 bits per heavy atom. The number of ether oxygens (including phenoxy) is 1. The topological polar surface area (TPSA) is 49.9 Å². The van der Waals surface area contributed by atoms with E-state index in [0.29, 0.717) is 13.1 Å². The molecule has 0 aromatic heterocycles. The smallest absolute Gasteiger partial charge is 0.327 e. The molecule has 1 heterocycles. The van der Waals surface area contributed by atoms with Gasteiger partial charge < -0.3 is 9.64 Å². The van der Waals surface area contributed by atoms with E-state index in [4.69, 9.17) is 4.74 Å². The zero-order chi connectivity index (χ0) is 17.3. The highest BCUT2D eigenvalue weighted by Crippen LogP contribution is 2.26. The van der Waals surface area contributed by atoms with Gasteiger partial charge in [0, 0.05) is 26.3 Å². The Morgan fingerprint density at radius 1 is 1.04 bits per heavy atom. The van der Waals surface area contributed by atoms with Gasteiger partial charge in [0.05, 0.1) is 0 Å². The first-order chi connectivity index (χ1) is 10.9. The van der Waals surface area contributed by atoms with Crippen LogP contribution in [0.5, 0.6) is 0 Å². The van der Waals surface area contributed by atoms with Crippen molar-refractivity contribution in [2.24, 2.45) is 5.41 Å². The molecule has 0 atom stereocenters. The molecule has 1 aliphatic heterocycles. The van der Waals surface area contributed by atoms with Crippen LogP contribution in [0.2, 0.25) is 0 Å². The first-order valence-corrected chi connectivity index (χ1v) is 9.08. The second-order valence-electron chi connectivity index (χ2n) is 7.22. The maximum Gasteiger partial charge on any atom is 0.327 e. The van der Waals surface area contributed by atoms with E-state index in [9.17, 15) is 9.59 Å². The van der Waals surface area contributed by atoms with E-state index in [-0.39, 0.29) is 23.9 Å². The summed E-state index contributed by atoms with van der Waals surface area (Å²) in [5, 5.41) is 0. The molecule has 0 unspecified atom stereocenters. The van der Waals surface area contributed by atoms with Gasteiger partial charge in [0.1, 0.15) is 6.54 Å². The molecule has 0 saturated carbocycles. The summed E-state index contributed by atoms with van der Waals surface area (Å²) >= 11 is 0. The molecule has 1 saturated heterocycles. The minimum absolute atomic E-state index is 0.0444. The van der Waals surface area contributed by atoms with Crippen LogP contribution in [0.15, 0.2) is 0 Å². The molecule has 1 fully saturated rings. The van der Waals surface area contributed by atoms with Crippen molar-refractivity contribution in [3.63, 3.8) is 0 Å². The summed E-state index contributed by atoms with van der Waals surface area (Å²) in [5.74, 6) is -0.0656. The first kappa shape index (κ1) is 19.9. The minimum Gasteiger partial charge on any atom is -0.381 e. The summed E-state index contributed by atoms with van der Waals surface area (Å²) in [6.07, 6.45) is 6.71. The highest BCUT2D eigenvalue weighted by Gasteiger charge is 2.37. The van der Waals surface area contributed by atoms with Crippen LogP contribution in [0.4, 0.5) is 4.79 Å². The molecule has 0 spiro atoms. The molecule has 23 heavy (non-hydrogen) atoms. The predicted molar refractivity (Wildman–Crippen MR) is 92.3 cm³/mol. The Hall–Kier alpha value is -1.10. The Balaban J connectivity index is 2.23. The Bertz CT molecular complexity index is 382. The van der Waals surface area contributed by atoms with E-state index in [2.05, 4.69) is 20.8 Å². The lowest BCUT2D eigenvalue weighted by atomic mass is 9.86. The van der Waals surface area contributed by atoms with Gasteiger partial charge in [-0.1, -0.05) is 40.0 Å². The van der Waals surface area contributed by atoms with Crippen molar-refractivity contribution in [1.29, 1.82) is 0 Å². The number of hydrogen-bond acceptors (Lipinski definition) is 3. The van der Waals surface area contributed by atoms with Crippen molar-refractivity contribution in [3.05, 3.63) is 0 Å². The van der Waals surface area contributed by atoms with E-state index in [0.717, 1.165) is 38.9 Å². The molecule has 1 aliphatic rings. The summed E-state index contributed by atoms with van der Waals surface area (Å²) in [4.78, 5) is 27.1. The summed E-state index contributed by atoms with van der Waals surface area (Å²) in [6.45, 7) is 11.4. The number of likely N-dealkylation sites (N-methyl/N-ethyl adjacent to an activating group) is 1. The second-order valence-corrected chi connectivity index (χ2v) is 7.22. The molecule has 1 rings (SSSR count). The van der Waals surface area contributed by atoms with Crippen LogP contribution in [0.3, 0.4) is 0 Å². The van der Waals surface area contributed by atoms with Crippen molar-refractivity contribution >= 4 is 11.9 Å². The van der Waals surface area contributed by atoms with Crippen LogP contribution in [0, 0.1) is 5.41 Å². The van der Waals surface area contributed by atoms with Gasteiger partial charge in [0.15, 0.2) is 0 Å². The number of carbonyl (C=O) groups is 2. The fourth-order valence-corrected chi connectivity index (χ4v) is 2.87. The summed E-state index contributed by atoms with van der Waals surface area (Å²) in [7, 11) is 0. The molecule has 0 aromatic rings. The van der Waals surface area contributed by atoms with E-state index < -0.39 is 0 Å². The molecule has 5 heteroatoms. The predicted octanol–water partition coefficient (Wildman–Crippen LogP) is 3.67. The highest BCUT2D eigenvalue weighted by molar-refractivity contribution is 6.02. The summed E-state index contributed by atoms with van der Waals surface area (Å²) in [5.41, 5.74) is -0.0444. The van der Waals surface area contributed by atoms with Gasteiger partial charge in [-0.3, -0.25) is 9.69 Å². The quantitative estimate of drug-likeness (QED) is 0.406. The molecule has 0 aromatic carbocycles. The zero-order valence-electron chi connectivity index (χ0n) is 15.4. The van der Waals surface area contributed by atoms with Gasteiger partial charge in [-0.2, -0.15) is 0 Å². The third-order valence-corrected chi connectivity index (χ3v) is 4.38. The molecule has 3 amide bonds. The van der Waals surface area contributed by atoms with Gasteiger partial charge in [-0.15, -0.1) is 0 Å². The maximum absolute atomic E-state index is 12.1. The standard InChI is InChI=1S/C18H34N2O3/c1-5-7-9-12-23-13-10-8-11-18(3,4)15-20-16(21)14-19(6-2)17(20)22/h5-15H2,1-4H3. The number of amides is 3. The lowest BCUT2D eigenvalue weighted by Crippen LogP contribution is -2.39. The molecule has 0 aliphatic carbocycles. The monoisotopic (exact) mass is 326 g/mol. The van der Waals surface area contributed by atoms with Crippen molar-refractivity contribution in [2.75, 3.05) is 32.8 Å². The lowest BCUT2D eigenvalue weighted by molar-refractivity contribution is -0.126. The van der Waals surface area contributed by atoms with Crippen LogP contribution in [-0.4, -0.2) is 54.6 Å². The number of carbonyl (C=O) groups excluding carboxylic acids is 2. The Morgan fingerprint density at radius 3 is 2.26 bits per heavy atom. The summed E-state index contributed by atoms with van der Waals surface area (Å²) in [6, 6.07) is -0.134. The van der Waals surface area contributed by atoms with Gasteiger partial charge >= 0.3 is 6.03 Å². The molecule has 134 valence electrons. The molecule has 5 nitrogen and oxygen atoms in total. The van der Waals surface area contributed by atoms with Gasteiger partial charge in [-0.25, -0.2) is 4.79 Å². The summed E-state index contributed by atoms with van der Waals surface area (Å²) < 4.78 is 5.62. The Kier molecular flexibility index (Phi) is 8.59. The second kappa shape index (κ2) is 9.91. The molecule has 0 bridgehead atoms. The van der Waals surface area contributed by atoms with E-state index in [1.165, 1.54) is 17.7 Å². The van der Waals surface area contributed by atoms with Crippen molar-refractivity contribution in [1.82, 2.24) is 9.80 Å².